The number of nitrogens with one attached hydrogen (secondary N) is 1. The van der Waals surface area contributed by atoms with Crippen LogP contribution in [0.1, 0.15) is 39.5 Å². The minimum absolute atomic E-state index is 0.241. The molecule has 0 aliphatic heterocycles. The molecule has 0 aromatic heterocycles. The van der Waals surface area contributed by atoms with Gasteiger partial charge in [0.1, 0.15) is 5.82 Å². The molecule has 2 nitrogen and oxygen atoms in total. The van der Waals surface area contributed by atoms with Gasteiger partial charge in [0.05, 0.1) is 11.4 Å². The highest BCUT2D eigenvalue weighted by molar-refractivity contribution is 5.66. The van der Waals surface area contributed by atoms with Crippen molar-refractivity contribution in [3.63, 3.8) is 0 Å². The van der Waals surface area contributed by atoms with Crippen LogP contribution in [0.25, 0.3) is 0 Å². The molecular formula is C15H23FN2. The summed E-state index contributed by atoms with van der Waals surface area (Å²) in [5.74, 6) is 0.968. The molecule has 1 aliphatic carbocycles. The Morgan fingerprint density at radius 3 is 2.72 bits per heavy atom. The third-order valence-corrected chi connectivity index (χ3v) is 4.07. The van der Waals surface area contributed by atoms with Crippen LogP contribution in [-0.4, -0.2) is 6.04 Å². The Hall–Kier alpha value is -1.25. The second-order valence-electron chi connectivity index (χ2n) is 5.64. The van der Waals surface area contributed by atoms with Gasteiger partial charge in [-0.15, -0.1) is 0 Å². The summed E-state index contributed by atoms with van der Waals surface area (Å²) in [6.45, 7) is 4.53. The predicted octanol–water partition coefficient (Wildman–Crippen LogP) is 4.03. The van der Waals surface area contributed by atoms with Crippen LogP contribution >= 0.6 is 0 Å². The number of benzene rings is 1. The van der Waals surface area contributed by atoms with Crippen molar-refractivity contribution in [2.75, 3.05) is 11.1 Å². The maximum absolute atomic E-state index is 13.4. The van der Waals surface area contributed by atoms with E-state index in [0.717, 1.165) is 12.1 Å². The molecule has 0 amide bonds. The first-order valence-electron chi connectivity index (χ1n) is 6.90. The summed E-state index contributed by atoms with van der Waals surface area (Å²) in [7, 11) is 0. The van der Waals surface area contributed by atoms with Gasteiger partial charge >= 0.3 is 0 Å². The zero-order chi connectivity index (χ0) is 13.1. The first kappa shape index (κ1) is 13.2. The number of halogens is 1. The molecule has 0 saturated heterocycles. The Bertz CT molecular complexity index is 403. The Morgan fingerprint density at radius 1 is 1.28 bits per heavy atom. The normalized spacial score (nSPS) is 24.2. The van der Waals surface area contributed by atoms with Crippen molar-refractivity contribution in [1.82, 2.24) is 0 Å². The Kier molecular flexibility index (Phi) is 4.10. The monoisotopic (exact) mass is 250 g/mol. The van der Waals surface area contributed by atoms with Gasteiger partial charge in [0.2, 0.25) is 0 Å². The summed E-state index contributed by atoms with van der Waals surface area (Å²) in [6, 6.07) is 5.40. The van der Waals surface area contributed by atoms with Crippen LogP contribution in [0.15, 0.2) is 18.2 Å². The molecule has 3 N–H and O–H groups in total. The number of anilines is 2. The van der Waals surface area contributed by atoms with Crippen LogP contribution in [0.5, 0.6) is 0 Å². The lowest BCUT2D eigenvalue weighted by atomic mass is 9.77. The van der Waals surface area contributed by atoms with Crippen molar-refractivity contribution >= 4 is 11.4 Å². The predicted molar refractivity (Wildman–Crippen MR) is 75.0 cm³/mol. The van der Waals surface area contributed by atoms with Crippen LogP contribution in [0.2, 0.25) is 0 Å². The van der Waals surface area contributed by atoms with E-state index in [4.69, 9.17) is 5.73 Å². The highest BCUT2D eigenvalue weighted by atomic mass is 19.1. The van der Waals surface area contributed by atoms with Crippen LogP contribution < -0.4 is 11.1 Å². The second-order valence-corrected chi connectivity index (χ2v) is 5.64. The number of nitrogen functional groups attached to an aromatic ring is 1. The molecule has 1 saturated carbocycles. The molecule has 18 heavy (non-hydrogen) atoms. The zero-order valence-electron chi connectivity index (χ0n) is 11.2. The van der Waals surface area contributed by atoms with Gasteiger partial charge in [0, 0.05) is 6.04 Å². The van der Waals surface area contributed by atoms with E-state index in [-0.39, 0.29) is 11.5 Å². The highest BCUT2D eigenvalue weighted by Crippen LogP contribution is 2.33. The summed E-state index contributed by atoms with van der Waals surface area (Å²) < 4.78 is 13.4. The van der Waals surface area contributed by atoms with E-state index >= 15 is 0 Å². The number of para-hydroxylation sites is 1. The second kappa shape index (κ2) is 5.59. The van der Waals surface area contributed by atoms with E-state index in [9.17, 15) is 4.39 Å². The van der Waals surface area contributed by atoms with E-state index < -0.39 is 0 Å². The molecule has 2 unspecified atom stereocenters. The minimum atomic E-state index is -0.336. The first-order chi connectivity index (χ1) is 8.59. The van der Waals surface area contributed by atoms with Gasteiger partial charge in [-0.1, -0.05) is 32.8 Å². The summed E-state index contributed by atoms with van der Waals surface area (Å²) in [6.07, 6.45) is 4.96. The van der Waals surface area contributed by atoms with Crippen LogP contribution in [0, 0.1) is 17.7 Å². The molecule has 0 bridgehead atoms. The largest absolute Gasteiger partial charge is 0.395 e. The van der Waals surface area contributed by atoms with E-state index in [1.807, 2.05) is 6.07 Å². The molecule has 2 rings (SSSR count). The van der Waals surface area contributed by atoms with Gasteiger partial charge < -0.3 is 11.1 Å². The van der Waals surface area contributed by atoms with Gasteiger partial charge in [-0.2, -0.15) is 0 Å². The van der Waals surface area contributed by atoms with Crippen LogP contribution in [0.4, 0.5) is 15.8 Å². The van der Waals surface area contributed by atoms with E-state index in [1.165, 1.54) is 25.3 Å². The van der Waals surface area contributed by atoms with E-state index in [2.05, 4.69) is 19.2 Å². The van der Waals surface area contributed by atoms with Crippen molar-refractivity contribution in [3.05, 3.63) is 24.0 Å². The third-order valence-electron chi connectivity index (χ3n) is 4.07. The molecule has 2 atom stereocenters. The van der Waals surface area contributed by atoms with Crippen molar-refractivity contribution in [2.24, 2.45) is 11.8 Å². The van der Waals surface area contributed by atoms with Crippen molar-refractivity contribution in [1.29, 1.82) is 0 Å². The fraction of sp³-hybridized carbons (Fsp3) is 0.600. The molecule has 1 fully saturated rings. The molecule has 0 spiro atoms. The molecule has 1 aromatic carbocycles. The Morgan fingerprint density at radius 2 is 2.00 bits per heavy atom. The molecule has 1 aliphatic rings. The van der Waals surface area contributed by atoms with Crippen LogP contribution in [-0.2, 0) is 0 Å². The quantitative estimate of drug-likeness (QED) is 0.795. The number of rotatable bonds is 3. The molecular weight excluding hydrogens is 227 g/mol. The van der Waals surface area contributed by atoms with Crippen molar-refractivity contribution < 1.29 is 4.39 Å². The Labute approximate surface area is 109 Å². The van der Waals surface area contributed by atoms with Gasteiger partial charge in [0.25, 0.3) is 0 Å². The van der Waals surface area contributed by atoms with Crippen molar-refractivity contribution in [2.45, 2.75) is 45.6 Å². The fourth-order valence-corrected chi connectivity index (χ4v) is 3.00. The molecule has 100 valence electrons. The maximum atomic E-state index is 13.4. The van der Waals surface area contributed by atoms with Gasteiger partial charge in [-0.25, -0.2) is 4.39 Å². The standard InChI is InChI=1S/C15H23FN2/c1-10(2)11-6-3-4-8-13(11)18-14-9-5-7-12(16)15(14)17/h5,7,9-11,13,18H,3-4,6,8,17H2,1-2H3. The highest BCUT2D eigenvalue weighted by Gasteiger charge is 2.27. The minimum Gasteiger partial charge on any atom is -0.395 e. The number of nitrogens with two attached hydrogens (primary N) is 1. The number of hydrogen-bond acceptors (Lipinski definition) is 2. The molecule has 0 radical (unpaired) electrons. The average Bonchev–Trinajstić information content (AvgIpc) is 2.35. The van der Waals surface area contributed by atoms with E-state index in [1.54, 1.807) is 6.07 Å². The zero-order valence-corrected chi connectivity index (χ0v) is 11.2. The fourth-order valence-electron chi connectivity index (χ4n) is 3.00. The molecule has 1 aromatic rings. The average molecular weight is 250 g/mol. The SMILES string of the molecule is CC(C)C1CCCCC1Nc1cccc(F)c1N. The summed E-state index contributed by atoms with van der Waals surface area (Å²) in [4.78, 5) is 0. The first-order valence-corrected chi connectivity index (χ1v) is 6.90. The smallest absolute Gasteiger partial charge is 0.148 e. The lowest BCUT2D eigenvalue weighted by Gasteiger charge is -2.35. The van der Waals surface area contributed by atoms with Gasteiger partial charge in [-0.05, 0) is 36.8 Å². The Balaban J connectivity index is 2.13. The van der Waals surface area contributed by atoms with Crippen LogP contribution in [0.3, 0.4) is 0 Å². The third kappa shape index (κ3) is 2.77. The maximum Gasteiger partial charge on any atom is 0.148 e. The molecule has 0 heterocycles. The lowest BCUT2D eigenvalue weighted by Crippen LogP contribution is -2.35. The van der Waals surface area contributed by atoms with Gasteiger partial charge in [-0.3, -0.25) is 0 Å². The topological polar surface area (TPSA) is 38.0 Å². The molecule has 3 heteroatoms. The summed E-state index contributed by atoms with van der Waals surface area (Å²) in [5, 5.41) is 3.46. The summed E-state index contributed by atoms with van der Waals surface area (Å²) in [5.41, 5.74) is 6.77. The number of hydrogen-bond donors (Lipinski definition) is 2. The van der Waals surface area contributed by atoms with Gasteiger partial charge in [0.15, 0.2) is 0 Å². The van der Waals surface area contributed by atoms with E-state index in [0.29, 0.717) is 17.9 Å². The summed E-state index contributed by atoms with van der Waals surface area (Å²) >= 11 is 0. The lowest BCUT2D eigenvalue weighted by molar-refractivity contribution is 0.254. The van der Waals surface area contributed by atoms with Crippen molar-refractivity contribution in [3.8, 4) is 0 Å².